The molecular formula is C13H12F2N4S. The molecule has 0 aliphatic heterocycles. The van der Waals surface area contributed by atoms with Crippen LogP contribution in [0, 0.1) is 25.2 Å². The van der Waals surface area contributed by atoms with Crippen LogP contribution in [0.15, 0.2) is 23.5 Å². The second-order valence-corrected chi connectivity index (χ2v) is 5.15. The SMILES string of the molecule is Cc1cc(C)c(C#N)c(SCc2nccn2C(F)F)n1. The van der Waals surface area contributed by atoms with Crippen LogP contribution in [0.2, 0.25) is 0 Å². The third-order valence-corrected chi connectivity index (χ3v) is 3.69. The van der Waals surface area contributed by atoms with Crippen molar-refractivity contribution in [2.24, 2.45) is 0 Å². The molecule has 0 aliphatic carbocycles. The van der Waals surface area contributed by atoms with E-state index in [1.807, 2.05) is 19.9 Å². The summed E-state index contributed by atoms with van der Waals surface area (Å²) in [6, 6.07) is 3.92. The Kier molecular flexibility index (Phi) is 4.35. The monoisotopic (exact) mass is 294 g/mol. The Morgan fingerprint density at radius 1 is 1.45 bits per heavy atom. The Balaban J connectivity index is 2.23. The van der Waals surface area contributed by atoms with Gasteiger partial charge in [0.2, 0.25) is 0 Å². The Morgan fingerprint density at radius 2 is 2.20 bits per heavy atom. The summed E-state index contributed by atoms with van der Waals surface area (Å²) in [5, 5.41) is 9.70. The van der Waals surface area contributed by atoms with E-state index in [0.29, 0.717) is 10.6 Å². The lowest BCUT2D eigenvalue weighted by Crippen LogP contribution is -2.03. The molecule has 2 rings (SSSR count). The number of nitriles is 1. The number of hydrogen-bond acceptors (Lipinski definition) is 4. The van der Waals surface area contributed by atoms with Crippen molar-refractivity contribution in [1.29, 1.82) is 5.26 Å². The third kappa shape index (κ3) is 2.96. The zero-order valence-electron chi connectivity index (χ0n) is 11.0. The summed E-state index contributed by atoms with van der Waals surface area (Å²) in [6.45, 7) is 1.05. The van der Waals surface area contributed by atoms with Crippen LogP contribution in [0.5, 0.6) is 0 Å². The van der Waals surface area contributed by atoms with Crippen molar-refractivity contribution < 1.29 is 8.78 Å². The second-order valence-electron chi connectivity index (χ2n) is 4.19. The van der Waals surface area contributed by atoms with Crippen molar-refractivity contribution in [2.75, 3.05) is 0 Å². The molecule has 0 aliphatic rings. The van der Waals surface area contributed by atoms with E-state index in [1.165, 1.54) is 24.2 Å². The first-order valence-corrected chi connectivity index (χ1v) is 6.82. The zero-order valence-corrected chi connectivity index (χ0v) is 11.8. The standard InChI is InChI=1S/C13H12F2N4S/c1-8-5-9(2)18-12(10(8)6-16)20-7-11-17-3-4-19(11)13(14)15/h3-5,13H,7H2,1-2H3. The first kappa shape index (κ1) is 14.5. The number of rotatable bonds is 4. The molecule has 0 N–H and O–H groups in total. The van der Waals surface area contributed by atoms with Crippen molar-refractivity contribution in [3.63, 3.8) is 0 Å². The molecule has 2 heterocycles. The summed E-state index contributed by atoms with van der Waals surface area (Å²) in [7, 11) is 0. The van der Waals surface area contributed by atoms with E-state index < -0.39 is 6.55 Å². The van der Waals surface area contributed by atoms with E-state index in [2.05, 4.69) is 16.0 Å². The molecule has 0 saturated carbocycles. The number of aryl methyl sites for hydroxylation is 2. The molecule has 104 valence electrons. The van der Waals surface area contributed by atoms with Gasteiger partial charge in [0.1, 0.15) is 16.9 Å². The molecule has 2 aromatic heterocycles. The van der Waals surface area contributed by atoms with Crippen molar-refractivity contribution in [3.05, 3.63) is 41.1 Å². The molecule has 0 amide bonds. The Bertz CT molecular complexity index is 661. The van der Waals surface area contributed by atoms with Crippen molar-refractivity contribution >= 4 is 11.8 Å². The van der Waals surface area contributed by atoms with E-state index in [4.69, 9.17) is 5.26 Å². The van der Waals surface area contributed by atoms with Gasteiger partial charge < -0.3 is 0 Å². The molecule has 0 atom stereocenters. The number of nitrogens with zero attached hydrogens (tertiary/aromatic N) is 4. The van der Waals surface area contributed by atoms with Gasteiger partial charge in [-0.25, -0.2) is 9.97 Å². The number of halogens is 2. The van der Waals surface area contributed by atoms with Crippen molar-refractivity contribution in [1.82, 2.24) is 14.5 Å². The van der Waals surface area contributed by atoms with Gasteiger partial charge in [-0.15, -0.1) is 0 Å². The highest BCUT2D eigenvalue weighted by atomic mass is 32.2. The fourth-order valence-electron chi connectivity index (χ4n) is 1.81. The van der Waals surface area contributed by atoms with Crippen LogP contribution in [0.25, 0.3) is 0 Å². The number of alkyl halides is 2. The predicted octanol–water partition coefficient (Wildman–Crippen LogP) is 3.45. The molecule has 0 unspecified atom stereocenters. The van der Waals surface area contributed by atoms with Crippen LogP contribution >= 0.6 is 11.8 Å². The second kappa shape index (κ2) is 6.01. The van der Waals surface area contributed by atoms with Crippen LogP contribution < -0.4 is 0 Å². The summed E-state index contributed by atoms with van der Waals surface area (Å²) >= 11 is 1.24. The molecular weight excluding hydrogens is 282 g/mol. The molecule has 7 heteroatoms. The maximum absolute atomic E-state index is 12.7. The van der Waals surface area contributed by atoms with Crippen LogP contribution in [0.1, 0.15) is 29.2 Å². The van der Waals surface area contributed by atoms with Gasteiger partial charge in [-0.1, -0.05) is 11.8 Å². The third-order valence-electron chi connectivity index (χ3n) is 2.72. The normalized spacial score (nSPS) is 10.8. The molecule has 0 bridgehead atoms. The van der Waals surface area contributed by atoms with E-state index in [9.17, 15) is 8.78 Å². The van der Waals surface area contributed by atoms with Crippen LogP contribution in [-0.2, 0) is 5.75 Å². The summed E-state index contributed by atoms with van der Waals surface area (Å²) in [5.74, 6) is 0.497. The topological polar surface area (TPSA) is 54.5 Å². The minimum Gasteiger partial charge on any atom is -0.277 e. The molecule has 0 aromatic carbocycles. The number of aromatic nitrogens is 3. The van der Waals surface area contributed by atoms with Gasteiger partial charge in [0.05, 0.1) is 11.3 Å². The molecule has 0 saturated heterocycles. The van der Waals surface area contributed by atoms with Crippen LogP contribution in [0.4, 0.5) is 8.78 Å². The maximum atomic E-state index is 12.7. The average molecular weight is 294 g/mol. The maximum Gasteiger partial charge on any atom is 0.319 e. The number of imidazole rings is 1. The Labute approximate surface area is 119 Å². The van der Waals surface area contributed by atoms with Gasteiger partial charge in [-0.05, 0) is 25.5 Å². The smallest absolute Gasteiger partial charge is 0.277 e. The Morgan fingerprint density at radius 3 is 2.85 bits per heavy atom. The first-order chi connectivity index (χ1) is 9.52. The van der Waals surface area contributed by atoms with Gasteiger partial charge in [-0.3, -0.25) is 4.57 Å². The predicted molar refractivity (Wildman–Crippen MR) is 71.5 cm³/mol. The molecule has 4 nitrogen and oxygen atoms in total. The lowest BCUT2D eigenvalue weighted by molar-refractivity contribution is 0.0678. The van der Waals surface area contributed by atoms with Gasteiger partial charge in [0.25, 0.3) is 0 Å². The summed E-state index contributed by atoms with van der Waals surface area (Å²) < 4.78 is 26.2. The van der Waals surface area contributed by atoms with E-state index in [0.717, 1.165) is 15.8 Å². The molecule has 2 aromatic rings. The fourth-order valence-corrected chi connectivity index (χ4v) is 2.86. The van der Waals surface area contributed by atoms with Gasteiger partial charge in [-0.2, -0.15) is 14.0 Å². The number of thioether (sulfide) groups is 1. The largest absolute Gasteiger partial charge is 0.319 e. The summed E-state index contributed by atoms with van der Waals surface area (Å²) in [6.07, 6.45) is 2.57. The van der Waals surface area contributed by atoms with Gasteiger partial charge >= 0.3 is 6.55 Å². The Hall–Kier alpha value is -1.94. The molecule has 20 heavy (non-hydrogen) atoms. The van der Waals surface area contributed by atoms with Crippen molar-refractivity contribution in [2.45, 2.75) is 31.2 Å². The average Bonchev–Trinajstić information content (AvgIpc) is 2.84. The number of pyridine rings is 1. The van der Waals surface area contributed by atoms with Crippen LogP contribution in [0.3, 0.4) is 0 Å². The molecule has 0 fully saturated rings. The van der Waals surface area contributed by atoms with E-state index >= 15 is 0 Å². The fraction of sp³-hybridized carbons (Fsp3) is 0.308. The van der Waals surface area contributed by atoms with E-state index in [1.54, 1.807) is 0 Å². The van der Waals surface area contributed by atoms with E-state index in [-0.39, 0.29) is 11.6 Å². The first-order valence-electron chi connectivity index (χ1n) is 5.84. The van der Waals surface area contributed by atoms with Crippen LogP contribution in [-0.4, -0.2) is 14.5 Å². The quantitative estimate of drug-likeness (QED) is 0.810. The zero-order chi connectivity index (χ0) is 14.7. The highest BCUT2D eigenvalue weighted by molar-refractivity contribution is 7.98. The molecule has 0 spiro atoms. The van der Waals surface area contributed by atoms with Crippen molar-refractivity contribution in [3.8, 4) is 6.07 Å². The summed E-state index contributed by atoms with van der Waals surface area (Å²) in [5.41, 5.74) is 2.11. The lowest BCUT2D eigenvalue weighted by Gasteiger charge is -2.08. The highest BCUT2D eigenvalue weighted by Gasteiger charge is 2.14. The summed E-state index contributed by atoms with van der Waals surface area (Å²) in [4.78, 5) is 8.20. The molecule has 0 radical (unpaired) electrons. The number of hydrogen-bond donors (Lipinski definition) is 0. The highest BCUT2D eigenvalue weighted by Crippen LogP contribution is 2.27. The lowest BCUT2D eigenvalue weighted by atomic mass is 10.1. The van der Waals surface area contributed by atoms with Gasteiger partial charge in [0, 0.05) is 18.1 Å². The minimum atomic E-state index is -2.62. The minimum absolute atomic E-state index is 0.238. The van der Waals surface area contributed by atoms with Gasteiger partial charge in [0.15, 0.2) is 0 Å².